The summed E-state index contributed by atoms with van der Waals surface area (Å²) in [6.07, 6.45) is 2.80. The van der Waals surface area contributed by atoms with Crippen molar-refractivity contribution < 1.29 is 4.74 Å². The second-order valence-electron chi connectivity index (χ2n) is 7.42. The van der Waals surface area contributed by atoms with Gasteiger partial charge < -0.3 is 10.1 Å². The van der Waals surface area contributed by atoms with E-state index in [1.54, 1.807) is 0 Å². The molecule has 2 atom stereocenters. The van der Waals surface area contributed by atoms with Gasteiger partial charge in [-0.05, 0) is 29.6 Å². The Bertz CT molecular complexity index is 269. The van der Waals surface area contributed by atoms with Crippen molar-refractivity contribution in [2.75, 3.05) is 6.61 Å². The molecule has 1 saturated carbocycles. The molecule has 2 aliphatic rings. The van der Waals surface area contributed by atoms with Gasteiger partial charge in [0, 0.05) is 18.7 Å². The van der Waals surface area contributed by atoms with Crippen molar-refractivity contribution >= 4 is 0 Å². The minimum atomic E-state index is 0.443. The summed E-state index contributed by atoms with van der Waals surface area (Å²) < 4.78 is 5.84. The van der Waals surface area contributed by atoms with Crippen LogP contribution in [0.25, 0.3) is 0 Å². The second-order valence-corrected chi connectivity index (χ2v) is 7.42. The van der Waals surface area contributed by atoms with E-state index >= 15 is 0 Å². The highest BCUT2D eigenvalue weighted by Crippen LogP contribution is 2.62. The maximum atomic E-state index is 5.84. The molecule has 0 radical (unpaired) electrons. The van der Waals surface area contributed by atoms with E-state index in [1.807, 2.05) is 0 Å². The molecule has 0 aromatic rings. The van der Waals surface area contributed by atoms with Crippen molar-refractivity contribution in [3.8, 4) is 0 Å². The third kappa shape index (κ3) is 2.26. The summed E-state index contributed by atoms with van der Waals surface area (Å²) >= 11 is 0. The molecule has 1 aliphatic carbocycles. The van der Waals surface area contributed by atoms with E-state index in [-0.39, 0.29) is 0 Å². The lowest BCUT2D eigenvalue weighted by Gasteiger charge is -2.33. The third-order valence-corrected chi connectivity index (χ3v) is 5.48. The largest absolute Gasteiger partial charge is 0.378 e. The first-order valence-corrected chi connectivity index (χ1v) is 7.14. The molecule has 17 heavy (non-hydrogen) atoms. The number of rotatable bonds is 3. The molecule has 2 rings (SSSR count). The molecule has 0 amide bonds. The molecule has 2 heteroatoms. The highest BCUT2D eigenvalue weighted by Gasteiger charge is 2.64. The van der Waals surface area contributed by atoms with Crippen LogP contribution in [-0.4, -0.2) is 24.8 Å². The van der Waals surface area contributed by atoms with Crippen molar-refractivity contribution in [3.05, 3.63) is 0 Å². The zero-order valence-corrected chi connectivity index (χ0v) is 12.3. The number of nitrogens with one attached hydrogen (secondary N) is 1. The molecule has 0 bridgehead atoms. The van der Waals surface area contributed by atoms with E-state index in [0.717, 1.165) is 6.61 Å². The fraction of sp³-hybridized carbons (Fsp3) is 1.00. The Labute approximate surface area is 107 Å². The molecule has 2 unspecified atom stereocenters. The fourth-order valence-corrected chi connectivity index (χ4v) is 3.29. The van der Waals surface area contributed by atoms with Crippen LogP contribution in [0.5, 0.6) is 0 Å². The van der Waals surface area contributed by atoms with Gasteiger partial charge in [-0.3, -0.25) is 0 Å². The normalized spacial score (nSPS) is 36.2. The van der Waals surface area contributed by atoms with E-state index < -0.39 is 0 Å². The molecule has 1 N–H and O–H groups in total. The lowest BCUT2D eigenvalue weighted by molar-refractivity contribution is -0.0252. The van der Waals surface area contributed by atoms with Crippen LogP contribution in [0.2, 0.25) is 0 Å². The topological polar surface area (TPSA) is 21.3 Å². The van der Waals surface area contributed by atoms with Gasteiger partial charge in [0.15, 0.2) is 0 Å². The number of ether oxygens (including phenoxy) is 1. The number of hydrogen-bond donors (Lipinski definition) is 1. The van der Waals surface area contributed by atoms with Gasteiger partial charge in [-0.2, -0.15) is 0 Å². The van der Waals surface area contributed by atoms with Crippen molar-refractivity contribution in [2.24, 2.45) is 16.7 Å². The van der Waals surface area contributed by atoms with E-state index in [0.29, 0.717) is 34.9 Å². The minimum absolute atomic E-state index is 0.443. The Morgan fingerprint density at radius 1 is 1.12 bits per heavy atom. The zero-order chi connectivity index (χ0) is 12.8. The fourth-order valence-electron chi connectivity index (χ4n) is 3.29. The molecular weight excluding hydrogens is 210 g/mol. The maximum Gasteiger partial charge on any atom is 0.0612 e. The van der Waals surface area contributed by atoms with Crippen LogP contribution >= 0.6 is 0 Å². The minimum Gasteiger partial charge on any atom is -0.378 e. The SMILES string of the molecule is CC(C)C1CC(NC2C(C)(C)C2(C)C)CCO1. The lowest BCUT2D eigenvalue weighted by Crippen LogP contribution is -2.43. The van der Waals surface area contributed by atoms with Gasteiger partial charge in [0.05, 0.1) is 6.10 Å². The maximum absolute atomic E-state index is 5.84. The molecule has 2 nitrogen and oxygen atoms in total. The van der Waals surface area contributed by atoms with Crippen LogP contribution < -0.4 is 5.32 Å². The predicted octanol–water partition coefficient (Wildman–Crippen LogP) is 3.21. The highest BCUT2D eigenvalue weighted by molar-refractivity contribution is 5.18. The first-order valence-electron chi connectivity index (χ1n) is 7.14. The summed E-state index contributed by atoms with van der Waals surface area (Å²) in [6.45, 7) is 15.0. The summed E-state index contributed by atoms with van der Waals surface area (Å²) in [7, 11) is 0. The van der Waals surface area contributed by atoms with Crippen molar-refractivity contribution in [1.82, 2.24) is 5.32 Å². The standard InChI is InChI=1S/C15H29NO/c1-10(2)12-9-11(7-8-17-12)16-13-14(3,4)15(13,5)6/h10-13,16H,7-9H2,1-6H3. The molecule has 0 spiro atoms. The van der Waals surface area contributed by atoms with Gasteiger partial charge in [-0.15, -0.1) is 0 Å². The average Bonchev–Trinajstić information content (AvgIpc) is 2.61. The molecule has 0 aromatic carbocycles. The van der Waals surface area contributed by atoms with Crippen molar-refractivity contribution in [1.29, 1.82) is 0 Å². The molecule has 0 aromatic heterocycles. The summed E-state index contributed by atoms with van der Waals surface area (Å²) in [4.78, 5) is 0. The quantitative estimate of drug-likeness (QED) is 0.816. The summed E-state index contributed by atoms with van der Waals surface area (Å²) in [6, 6.07) is 1.33. The predicted molar refractivity (Wildman–Crippen MR) is 72.1 cm³/mol. The van der Waals surface area contributed by atoms with Gasteiger partial charge in [0.25, 0.3) is 0 Å². The van der Waals surface area contributed by atoms with Gasteiger partial charge in [0.2, 0.25) is 0 Å². The monoisotopic (exact) mass is 239 g/mol. The van der Waals surface area contributed by atoms with Crippen LogP contribution in [0.4, 0.5) is 0 Å². The Morgan fingerprint density at radius 3 is 2.18 bits per heavy atom. The lowest BCUT2D eigenvalue weighted by atomic mass is 9.95. The van der Waals surface area contributed by atoms with E-state index in [4.69, 9.17) is 4.74 Å². The van der Waals surface area contributed by atoms with Crippen LogP contribution in [0, 0.1) is 16.7 Å². The zero-order valence-electron chi connectivity index (χ0n) is 12.3. The Morgan fingerprint density at radius 2 is 1.71 bits per heavy atom. The average molecular weight is 239 g/mol. The van der Waals surface area contributed by atoms with Crippen LogP contribution in [0.15, 0.2) is 0 Å². The molecule has 2 fully saturated rings. The molecular formula is C15H29NO. The Kier molecular flexibility index (Phi) is 3.33. The van der Waals surface area contributed by atoms with E-state index in [9.17, 15) is 0 Å². The van der Waals surface area contributed by atoms with Crippen molar-refractivity contribution in [2.45, 2.75) is 72.6 Å². The van der Waals surface area contributed by atoms with Crippen molar-refractivity contribution in [3.63, 3.8) is 0 Å². The molecule has 1 heterocycles. The first-order chi connectivity index (χ1) is 7.76. The molecule has 1 aliphatic heterocycles. The third-order valence-electron chi connectivity index (χ3n) is 5.48. The Balaban J connectivity index is 1.89. The number of hydrogen-bond acceptors (Lipinski definition) is 2. The van der Waals surface area contributed by atoms with E-state index in [1.165, 1.54) is 12.8 Å². The van der Waals surface area contributed by atoms with Crippen LogP contribution in [0.3, 0.4) is 0 Å². The van der Waals surface area contributed by atoms with E-state index in [2.05, 4.69) is 46.9 Å². The van der Waals surface area contributed by atoms with Gasteiger partial charge in [-0.25, -0.2) is 0 Å². The highest BCUT2D eigenvalue weighted by atomic mass is 16.5. The Hall–Kier alpha value is -0.0800. The molecule has 1 saturated heterocycles. The van der Waals surface area contributed by atoms with Gasteiger partial charge >= 0.3 is 0 Å². The first kappa shape index (κ1) is 13.4. The van der Waals surface area contributed by atoms with Crippen LogP contribution in [0.1, 0.15) is 54.4 Å². The second kappa shape index (κ2) is 4.24. The summed E-state index contributed by atoms with van der Waals surface area (Å²) in [5.41, 5.74) is 0.886. The van der Waals surface area contributed by atoms with Crippen LogP contribution in [-0.2, 0) is 4.74 Å². The summed E-state index contributed by atoms with van der Waals surface area (Å²) in [5.74, 6) is 0.639. The molecule has 100 valence electrons. The van der Waals surface area contributed by atoms with Gasteiger partial charge in [-0.1, -0.05) is 41.5 Å². The smallest absolute Gasteiger partial charge is 0.0612 e. The van der Waals surface area contributed by atoms with Gasteiger partial charge in [0.1, 0.15) is 0 Å². The summed E-state index contributed by atoms with van der Waals surface area (Å²) in [5, 5.41) is 3.88.